The number of aliphatic hydroxyl groups excluding tert-OH is 1. The van der Waals surface area contributed by atoms with Gasteiger partial charge in [-0.1, -0.05) is 32.1 Å². The number of rotatable bonds is 2. The van der Waals surface area contributed by atoms with Gasteiger partial charge in [-0.2, -0.15) is 0 Å². The fourth-order valence-corrected chi connectivity index (χ4v) is 3.41. The van der Waals surface area contributed by atoms with E-state index in [0.717, 1.165) is 4.88 Å². The first-order valence-corrected chi connectivity index (χ1v) is 7.22. The van der Waals surface area contributed by atoms with Crippen LogP contribution in [-0.2, 0) is 0 Å². The van der Waals surface area contributed by atoms with Gasteiger partial charge in [-0.15, -0.1) is 11.3 Å². The van der Waals surface area contributed by atoms with Gasteiger partial charge in [0.15, 0.2) is 0 Å². The van der Waals surface area contributed by atoms with E-state index in [4.69, 9.17) is 0 Å². The summed E-state index contributed by atoms with van der Waals surface area (Å²) in [5, 5.41) is 10.8. The molecule has 1 aromatic heterocycles. The number of hydrogen-bond acceptors (Lipinski definition) is 3. The molecule has 0 aliphatic heterocycles. The number of aromatic nitrogens is 1. The molecule has 1 aliphatic rings. The molecule has 1 atom stereocenters. The van der Waals surface area contributed by atoms with E-state index in [0.29, 0.717) is 5.92 Å². The van der Waals surface area contributed by atoms with E-state index in [1.54, 1.807) is 11.3 Å². The first-order chi connectivity index (χ1) is 7.77. The van der Waals surface area contributed by atoms with Crippen molar-refractivity contribution in [3.8, 4) is 0 Å². The summed E-state index contributed by atoms with van der Waals surface area (Å²) in [6.45, 7) is 1.81. The number of hydrogen-bond donors (Lipinski definition) is 1. The summed E-state index contributed by atoms with van der Waals surface area (Å²) in [4.78, 5) is 5.50. The molecule has 16 heavy (non-hydrogen) atoms. The van der Waals surface area contributed by atoms with E-state index < -0.39 is 0 Å². The van der Waals surface area contributed by atoms with E-state index in [9.17, 15) is 5.11 Å². The lowest BCUT2D eigenvalue weighted by atomic mass is 9.92. The lowest BCUT2D eigenvalue weighted by Crippen LogP contribution is -2.01. The van der Waals surface area contributed by atoms with Crippen molar-refractivity contribution in [2.75, 3.05) is 0 Å². The molecular formula is C13H21NOS. The Morgan fingerprint density at radius 1 is 1.25 bits per heavy atom. The molecule has 1 unspecified atom stereocenters. The minimum absolute atomic E-state index is 0.361. The second-order valence-electron chi connectivity index (χ2n) is 4.82. The Kier molecular flexibility index (Phi) is 4.36. The van der Waals surface area contributed by atoms with Gasteiger partial charge >= 0.3 is 0 Å². The molecule has 0 aromatic carbocycles. The van der Waals surface area contributed by atoms with Crippen molar-refractivity contribution >= 4 is 11.3 Å². The highest BCUT2D eigenvalue weighted by atomic mass is 32.1. The van der Waals surface area contributed by atoms with Crippen molar-refractivity contribution in [1.29, 1.82) is 0 Å². The molecule has 0 spiro atoms. The van der Waals surface area contributed by atoms with Gasteiger partial charge in [0.2, 0.25) is 0 Å². The van der Waals surface area contributed by atoms with Gasteiger partial charge in [-0.25, -0.2) is 4.98 Å². The van der Waals surface area contributed by atoms with E-state index in [-0.39, 0.29) is 6.10 Å². The zero-order valence-corrected chi connectivity index (χ0v) is 10.8. The molecule has 2 nitrogen and oxygen atoms in total. The Morgan fingerprint density at radius 3 is 2.44 bits per heavy atom. The highest BCUT2D eigenvalue weighted by Gasteiger charge is 2.17. The molecule has 0 radical (unpaired) electrons. The van der Waals surface area contributed by atoms with Crippen LogP contribution in [0.1, 0.15) is 73.8 Å². The highest BCUT2D eigenvalue weighted by molar-refractivity contribution is 7.11. The van der Waals surface area contributed by atoms with Gasteiger partial charge < -0.3 is 5.11 Å². The summed E-state index contributed by atoms with van der Waals surface area (Å²) < 4.78 is 0. The van der Waals surface area contributed by atoms with Crippen LogP contribution >= 0.6 is 11.3 Å². The van der Waals surface area contributed by atoms with Crippen LogP contribution in [0.25, 0.3) is 0 Å². The van der Waals surface area contributed by atoms with Crippen LogP contribution < -0.4 is 0 Å². The average Bonchev–Trinajstić information content (AvgIpc) is 2.66. The summed E-state index contributed by atoms with van der Waals surface area (Å²) >= 11 is 1.70. The molecule has 0 amide bonds. The standard InChI is InChI=1S/C13H21NOS/c1-10(15)12-9-14-13(16-12)11-7-5-3-2-4-6-8-11/h9-11,15H,2-8H2,1H3. The summed E-state index contributed by atoms with van der Waals surface area (Å²) in [6, 6.07) is 0. The predicted octanol–water partition coefficient (Wildman–Crippen LogP) is 4.02. The fourth-order valence-electron chi connectivity index (χ4n) is 2.39. The Labute approximate surface area is 102 Å². The van der Waals surface area contributed by atoms with Crippen molar-refractivity contribution in [3.05, 3.63) is 16.1 Å². The summed E-state index contributed by atoms with van der Waals surface area (Å²) in [7, 11) is 0. The first-order valence-electron chi connectivity index (χ1n) is 6.41. The van der Waals surface area contributed by atoms with Crippen molar-refractivity contribution in [1.82, 2.24) is 4.98 Å². The van der Waals surface area contributed by atoms with E-state index in [2.05, 4.69) is 4.98 Å². The van der Waals surface area contributed by atoms with E-state index >= 15 is 0 Å². The Hall–Kier alpha value is -0.410. The van der Waals surface area contributed by atoms with Gasteiger partial charge in [0.1, 0.15) is 0 Å². The monoisotopic (exact) mass is 239 g/mol. The van der Waals surface area contributed by atoms with Crippen molar-refractivity contribution in [2.24, 2.45) is 0 Å². The molecule has 1 N–H and O–H groups in total. The molecule has 3 heteroatoms. The zero-order chi connectivity index (χ0) is 11.4. The van der Waals surface area contributed by atoms with Crippen LogP contribution in [0.3, 0.4) is 0 Å². The highest BCUT2D eigenvalue weighted by Crippen LogP contribution is 2.34. The second-order valence-corrected chi connectivity index (χ2v) is 5.91. The van der Waals surface area contributed by atoms with Crippen molar-refractivity contribution < 1.29 is 5.11 Å². The van der Waals surface area contributed by atoms with E-state index in [1.165, 1.54) is 50.0 Å². The average molecular weight is 239 g/mol. The van der Waals surface area contributed by atoms with Gasteiger partial charge in [0.05, 0.1) is 16.0 Å². The molecular weight excluding hydrogens is 218 g/mol. The molecule has 1 saturated carbocycles. The number of aliphatic hydroxyl groups is 1. The summed E-state index contributed by atoms with van der Waals surface area (Å²) in [6.07, 6.45) is 10.9. The van der Waals surface area contributed by atoms with Crippen LogP contribution in [0, 0.1) is 0 Å². The molecule has 90 valence electrons. The topological polar surface area (TPSA) is 33.1 Å². The maximum Gasteiger partial charge on any atom is 0.0959 e. The van der Waals surface area contributed by atoms with Crippen LogP contribution in [0.15, 0.2) is 6.20 Å². The first kappa shape index (κ1) is 12.1. The van der Waals surface area contributed by atoms with Crippen molar-refractivity contribution in [2.45, 2.75) is 63.9 Å². The maximum atomic E-state index is 9.51. The fraction of sp³-hybridized carbons (Fsp3) is 0.769. The third-order valence-electron chi connectivity index (χ3n) is 3.41. The third-order valence-corrected chi connectivity index (χ3v) is 4.74. The molecule has 0 bridgehead atoms. The van der Waals surface area contributed by atoms with Gasteiger partial charge in [0.25, 0.3) is 0 Å². The summed E-state index contributed by atoms with van der Waals surface area (Å²) in [5.41, 5.74) is 0. The Morgan fingerprint density at radius 2 is 1.88 bits per heavy atom. The van der Waals surface area contributed by atoms with Crippen LogP contribution in [0.2, 0.25) is 0 Å². The molecule has 0 saturated heterocycles. The number of thiazole rings is 1. The minimum atomic E-state index is -0.361. The molecule has 2 rings (SSSR count). The molecule has 1 aromatic rings. The SMILES string of the molecule is CC(O)c1cnc(C2CCCCCCC2)s1. The largest absolute Gasteiger partial charge is 0.388 e. The summed E-state index contributed by atoms with van der Waals surface area (Å²) in [5.74, 6) is 0.651. The maximum absolute atomic E-state index is 9.51. The van der Waals surface area contributed by atoms with Gasteiger partial charge in [-0.05, 0) is 19.8 Å². The number of nitrogens with zero attached hydrogens (tertiary/aromatic N) is 1. The van der Waals surface area contributed by atoms with Crippen LogP contribution in [0.5, 0.6) is 0 Å². The zero-order valence-electron chi connectivity index (χ0n) is 9.98. The quantitative estimate of drug-likeness (QED) is 0.845. The lowest BCUT2D eigenvalue weighted by Gasteiger charge is -2.17. The predicted molar refractivity (Wildman–Crippen MR) is 67.8 cm³/mol. The Balaban J connectivity index is 2.02. The lowest BCUT2D eigenvalue weighted by molar-refractivity contribution is 0.203. The van der Waals surface area contributed by atoms with E-state index in [1.807, 2.05) is 13.1 Å². The van der Waals surface area contributed by atoms with Gasteiger partial charge in [-0.3, -0.25) is 0 Å². The van der Waals surface area contributed by atoms with Gasteiger partial charge in [0, 0.05) is 12.1 Å². The molecule has 1 heterocycles. The molecule has 1 fully saturated rings. The minimum Gasteiger partial charge on any atom is -0.388 e. The smallest absolute Gasteiger partial charge is 0.0959 e. The van der Waals surface area contributed by atoms with Crippen molar-refractivity contribution in [3.63, 3.8) is 0 Å². The second kappa shape index (κ2) is 5.78. The van der Waals surface area contributed by atoms with Crippen LogP contribution in [0.4, 0.5) is 0 Å². The molecule has 1 aliphatic carbocycles. The third kappa shape index (κ3) is 3.05. The van der Waals surface area contributed by atoms with Crippen LogP contribution in [-0.4, -0.2) is 10.1 Å². The Bertz CT molecular complexity index is 313. The normalized spacial score (nSPS) is 21.4.